The topological polar surface area (TPSA) is 144 Å². The minimum absolute atomic E-state index is 0.0141. The Hall–Kier alpha value is -3.01. The second kappa shape index (κ2) is 7.31. The van der Waals surface area contributed by atoms with Crippen molar-refractivity contribution in [1.82, 2.24) is 20.0 Å². The van der Waals surface area contributed by atoms with Gasteiger partial charge in [-0.1, -0.05) is 28.5 Å². The molecule has 9 nitrogen and oxygen atoms in total. The number of aromatic amines is 1. The number of aliphatic hydroxyl groups is 3. The molecule has 9 heteroatoms. The molecule has 0 spiro atoms. The van der Waals surface area contributed by atoms with E-state index >= 15 is 0 Å². The van der Waals surface area contributed by atoms with Gasteiger partial charge in [-0.2, -0.15) is 0 Å². The van der Waals surface area contributed by atoms with E-state index in [1.54, 1.807) is 31.3 Å². The average molecular weight is 372 g/mol. The number of rotatable bonds is 6. The van der Waals surface area contributed by atoms with Gasteiger partial charge in [0, 0.05) is 17.8 Å². The summed E-state index contributed by atoms with van der Waals surface area (Å²) < 4.78 is 1.04. The zero-order valence-corrected chi connectivity index (χ0v) is 14.6. The van der Waals surface area contributed by atoms with Crippen LogP contribution in [0, 0.1) is 6.92 Å². The van der Waals surface area contributed by atoms with Crippen LogP contribution in [-0.4, -0.2) is 40.4 Å². The fraction of sp³-hybridized carbons (Fsp3) is 0.278. The molecule has 0 bridgehead atoms. The number of pyridine rings is 1. The monoisotopic (exact) mass is 372 g/mol. The molecule has 27 heavy (non-hydrogen) atoms. The molecule has 0 fully saturated rings. The van der Waals surface area contributed by atoms with Crippen molar-refractivity contribution in [1.29, 1.82) is 0 Å². The molecule has 0 atom stereocenters. The summed E-state index contributed by atoms with van der Waals surface area (Å²) in [6.07, 6.45) is 2.01. The first-order valence-corrected chi connectivity index (χ1v) is 8.25. The molecular weight excluding hydrogens is 352 g/mol. The lowest BCUT2D eigenvalue weighted by Crippen LogP contribution is -2.33. The van der Waals surface area contributed by atoms with Gasteiger partial charge in [-0.3, -0.25) is 4.79 Å². The molecule has 1 aromatic carbocycles. The maximum absolute atomic E-state index is 11.5. The van der Waals surface area contributed by atoms with Crippen LogP contribution < -0.4 is 5.56 Å². The van der Waals surface area contributed by atoms with E-state index in [0.29, 0.717) is 12.0 Å². The van der Waals surface area contributed by atoms with Crippen LogP contribution in [0.15, 0.2) is 41.3 Å². The van der Waals surface area contributed by atoms with E-state index in [1.807, 2.05) is 6.07 Å². The third kappa shape index (κ3) is 3.90. The number of aromatic nitrogens is 4. The summed E-state index contributed by atoms with van der Waals surface area (Å²) >= 11 is 0. The first-order valence-electron chi connectivity index (χ1n) is 8.25. The van der Waals surface area contributed by atoms with Gasteiger partial charge in [0.1, 0.15) is 12.2 Å². The third-order valence-electron chi connectivity index (χ3n) is 4.45. The predicted molar refractivity (Wildman–Crippen MR) is 94.8 cm³/mol. The molecule has 3 aromatic rings. The van der Waals surface area contributed by atoms with Crippen molar-refractivity contribution in [2.24, 2.45) is 0 Å². The number of hydrogen-bond donors (Lipinski definition) is 5. The first-order chi connectivity index (χ1) is 12.8. The summed E-state index contributed by atoms with van der Waals surface area (Å²) in [5.41, 5.74) is 2.31. The van der Waals surface area contributed by atoms with Crippen molar-refractivity contribution < 1.29 is 20.4 Å². The number of aromatic hydroxyl groups is 1. The van der Waals surface area contributed by atoms with Crippen molar-refractivity contribution in [2.75, 3.05) is 0 Å². The van der Waals surface area contributed by atoms with Crippen molar-refractivity contribution >= 4 is 0 Å². The van der Waals surface area contributed by atoms with Crippen LogP contribution in [0.5, 0.6) is 5.88 Å². The summed E-state index contributed by atoms with van der Waals surface area (Å²) in [5.74, 6) is -2.77. The Kier molecular flexibility index (Phi) is 5.08. The van der Waals surface area contributed by atoms with E-state index in [-0.39, 0.29) is 16.8 Å². The van der Waals surface area contributed by atoms with Crippen LogP contribution in [0.1, 0.15) is 27.9 Å². The van der Waals surface area contributed by atoms with Crippen molar-refractivity contribution in [3.63, 3.8) is 0 Å². The van der Waals surface area contributed by atoms with Gasteiger partial charge in [-0.25, -0.2) is 4.68 Å². The van der Waals surface area contributed by atoms with Gasteiger partial charge in [-0.05, 0) is 36.1 Å². The van der Waals surface area contributed by atoms with Crippen molar-refractivity contribution in [3.8, 4) is 5.88 Å². The molecule has 0 aliphatic heterocycles. The summed E-state index contributed by atoms with van der Waals surface area (Å²) in [6, 6.07) is 8.38. The third-order valence-corrected chi connectivity index (χ3v) is 4.45. The molecule has 2 aromatic heterocycles. The molecule has 0 unspecified atom stereocenters. The van der Waals surface area contributed by atoms with Gasteiger partial charge in [-0.15, -0.1) is 0 Å². The minimum atomic E-state index is -2.31. The average Bonchev–Trinajstić information content (AvgIpc) is 2.95. The van der Waals surface area contributed by atoms with E-state index in [1.165, 1.54) is 6.07 Å². The summed E-state index contributed by atoms with van der Waals surface area (Å²) in [5, 5.41) is 47.1. The Morgan fingerprint density at radius 3 is 2.74 bits per heavy atom. The van der Waals surface area contributed by atoms with Gasteiger partial charge < -0.3 is 25.4 Å². The van der Waals surface area contributed by atoms with Crippen LogP contribution in [0.4, 0.5) is 0 Å². The normalized spacial score (nSPS) is 11.7. The highest BCUT2D eigenvalue weighted by Gasteiger charge is 2.31. The Bertz CT molecular complexity index is 1010. The first kappa shape index (κ1) is 18.8. The standard InChI is InChI=1S/C18H20N4O5/c1-11-13(7-12-5-6-19-16(24)8-12)3-2-4-14(11)18(26,27)10-22-15(9-23)17(25)20-21-22/h2-6,8,23,25-27H,7,9-10H2,1H3,(H,19,24). The van der Waals surface area contributed by atoms with Crippen LogP contribution in [-0.2, 0) is 25.4 Å². The SMILES string of the molecule is Cc1c(Cc2cc[nH]c(=O)c2)cccc1C(O)(O)Cn1nnc(O)c1CO. The molecular formula is C18H20N4O5. The quantitative estimate of drug-likeness (QED) is 0.380. The highest BCUT2D eigenvalue weighted by Crippen LogP contribution is 2.28. The Morgan fingerprint density at radius 2 is 2.04 bits per heavy atom. The molecule has 5 N–H and O–H groups in total. The maximum atomic E-state index is 11.5. The summed E-state index contributed by atoms with van der Waals surface area (Å²) in [7, 11) is 0. The van der Waals surface area contributed by atoms with Gasteiger partial charge >= 0.3 is 0 Å². The van der Waals surface area contributed by atoms with E-state index in [2.05, 4.69) is 15.3 Å². The van der Waals surface area contributed by atoms with Crippen molar-refractivity contribution in [3.05, 3.63) is 74.8 Å². The Morgan fingerprint density at radius 1 is 1.26 bits per heavy atom. The zero-order chi connectivity index (χ0) is 19.6. The van der Waals surface area contributed by atoms with Gasteiger partial charge in [0.05, 0.1) is 6.61 Å². The predicted octanol–water partition coefficient (Wildman–Crippen LogP) is -0.0989. The molecule has 142 valence electrons. The highest BCUT2D eigenvalue weighted by atomic mass is 16.5. The van der Waals surface area contributed by atoms with Crippen molar-refractivity contribution in [2.45, 2.75) is 32.3 Å². The lowest BCUT2D eigenvalue weighted by molar-refractivity contribution is -0.182. The lowest BCUT2D eigenvalue weighted by Gasteiger charge is -2.25. The molecule has 0 amide bonds. The summed E-state index contributed by atoms with van der Waals surface area (Å²) in [6.45, 7) is 0.785. The lowest BCUT2D eigenvalue weighted by atomic mass is 9.93. The molecule has 0 aliphatic rings. The highest BCUT2D eigenvalue weighted by molar-refractivity contribution is 5.39. The number of benzene rings is 1. The largest absolute Gasteiger partial charge is 0.491 e. The fourth-order valence-corrected chi connectivity index (χ4v) is 3.02. The van der Waals surface area contributed by atoms with E-state index in [0.717, 1.165) is 15.8 Å². The molecule has 0 aliphatic carbocycles. The number of nitrogens with zero attached hydrogens (tertiary/aromatic N) is 3. The Labute approximate surface area is 154 Å². The van der Waals surface area contributed by atoms with Crippen LogP contribution >= 0.6 is 0 Å². The van der Waals surface area contributed by atoms with Crippen LogP contribution in [0.3, 0.4) is 0 Å². The number of nitrogens with one attached hydrogen (secondary N) is 1. The van der Waals surface area contributed by atoms with Gasteiger partial charge in [0.25, 0.3) is 5.88 Å². The number of aliphatic hydroxyl groups excluding tert-OH is 1. The molecule has 0 saturated carbocycles. The zero-order valence-electron chi connectivity index (χ0n) is 14.6. The Balaban J connectivity index is 1.92. The van der Waals surface area contributed by atoms with Crippen LogP contribution in [0.2, 0.25) is 0 Å². The van der Waals surface area contributed by atoms with E-state index in [4.69, 9.17) is 0 Å². The number of hydrogen-bond acceptors (Lipinski definition) is 7. The number of H-pyrrole nitrogens is 1. The fourth-order valence-electron chi connectivity index (χ4n) is 3.02. The smallest absolute Gasteiger partial charge is 0.256 e. The van der Waals surface area contributed by atoms with Crippen LogP contribution in [0.25, 0.3) is 0 Å². The second-order valence-corrected chi connectivity index (χ2v) is 6.32. The molecule has 2 heterocycles. The van der Waals surface area contributed by atoms with Gasteiger partial charge in [0.2, 0.25) is 11.3 Å². The van der Waals surface area contributed by atoms with Gasteiger partial charge in [0.15, 0.2) is 0 Å². The van der Waals surface area contributed by atoms with E-state index in [9.17, 15) is 25.2 Å². The maximum Gasteiger partial charge on any atom is 0.256 e. The molecule has 3 rings (SSSR count). The minimum Gasteiger partial charge on any atom is -0.491 e. The van der Waals surface area contributed by atoms with E-state index < -0.39 is 24.8 Å². The second-order valence-electron chi connectivity index (χ2n) is 6.32. The molecule has 0 radical (unpaired) electrons. The molecule has 0 saturated heterocycles. The summed E-state index contributed by atoms with van der Waals surface area (Å²) in [4.78, 5) is 14.0.